The second-order valence-electron chi connectivity index (χ2n) is 8.96. The predicted molar refractivity (Wildman–Crippen MR) is 93.5 cm³/mol. The maximum Gasteiger partial charge on any atom is 0.0434 e. The van der Waals surface area contributed by atoms with E-state index >= 15 is 0 Å². The van der Waals surface area contributed by atoms with E-state index in [-0.39, 0.29) is 0 Å². The Morgan fingerprint density at radius 1 is 0.857 bits per heavy atom. The van der Waals surface area contributed by atoms with E-state index in [1.807, 2.05) is 12.3 Å². The monoisotopic (exact) mass is 289 g/mol. The van der Waals surface area contributed by atoms with E-state index in [2.05, 4.69) is 72.5 Å². The highest BCUT2D eigenvalue weighted by atomic mass is 14.7. The Bertz CT molecular complexity index is 386. The van der Waals surface area contributed by atoms with Crippen LogP contribution >= 0.6 is 0 Å². The molecule has 0 radical (unpaired) electrons. The smallest absolute Gasteiger partial charge is 0.0434 e. The van der Waals surface area contributed by atoms with Gasteiger partial charge in [0.1, 0.15) is 0 Å². The third-order valence-electron chi connectivity index (χ3n) is 5.34. The summed E-state index contributed by atoms with van der Waals surface area (Å²) in [6, 6.07) is 6.34. The maximum absolute atomic E-state index is 4.65. The Morgan fingerprint density at radius 3 is 1.67 bits per heavy atom. The lowest BCUT2D eigenvalue weighted by Gasteiger charge is -2.34. The molecule has 21 heavy (non-hydrogen) atoms. The van der Waals surface area contributed by atoms with Gasteiger partial charge in [-0.25, -0.2) is 0 Å². The number of aromatic nitrogens is 1. The van der Waals surface area contributed by atoms with Gasteiger partial charge in [-0.3, -0.25) is 4.98 Å². The van der Waals surface area contributed by atoms with E-state index < -0.39 is 0 Å². The number of rotatable bonds is 5. The Kier molecular flexibility index (Phi) is 6.01. The summed E-state index contributed by atoms with van der Waals surface area (Å²) >= 11 is 0. The van der Waals surface area contributed by atoms with Crippen LogP contribution in [0.3, 0.4) is 0 Å². The van der Waals surface area contributed by atoms with Gasteiger partial charge in [0.25, 0.3) is 0 Å². The van der Waals surface area contributed by atoms with Crippen LogP contribution in [0, 0.1) is 22.7 Å². The van der Waals surface area contributed by atoms with E-state index in [9.17, 15) is 0 Å². The molecule has 2 unspecified atom stereocenters. The zero-order chi connectivity index (χ0) is 16.3. The molecule has 1 heteroatoms. The van der Waals surface area contributed by atoms with Crippen LogP contribution in [0.15, 0.2) is 24.4 Å². The molecule has 0 saturated heterocycles. The summed E-state index contributed by atoms with van der Waals surface area (Å²) in [4.78, 5) is 4.65. The topological polar surface area (TPSA) is 12.9 Å². The summed E-state index contributed by atoms with van der Waals surface area (Å²) in [7, 11) is 0. The summed E-state index contributed by atoms with van der Waals surface area (Å²) in [6.07, 6.45) is 4.38. The summed E-state index contributed by atoms with van der Waals surface area (Å²) < 4.78 is 0. The molecule has 0 fully saturated rings. The predicted octanol–water partition coefficient (Wildman–Crippen LogP) is 6.31. The Hall–Kier alpha value is -0.850. The Balaban J connectivity index is 2.91. The SMILES string of the molecule is CC(CC(CC(C)C(C)(C)C)c1ccccn1)C(C)(C)C. The van der Waals surface area contributed by atoms with E-state index in [1.54, 1.807) is 0 Å². The highest BCUT2D eigenvalue weighted by Gasteiger charge is 2.29. The molecule has 120 valence electrons. The minimum atomic E-state index is 0.359. The van der Waals surface area contributed by atoms with Crippen LogP contribution in [0.2, 0.25) is 0 Å². The molecule has 0 bridgehead atoms. The molecule has 1 heterocycles. The van der Waals surface area contributed by atoms with Crippen LogP contribution in [0.1, 0.15) is 79.8 Å². The lowest BCUT2D eigenvalue weighted by Crippen LogP contribution is -2.24. The highest BCUT2D eigenvalue weighted by molar-refractivity contribution is 5.10. The second-order valence-corrected chi connectivity index (χ2v) is 8.96. The molecular formula is C20H35N. The first-order chi connectivity index (χ1) is 9.51. The Labute approximate surface area is 132 Å². The van der Waals surface area contributed by atoms with E-state index in [0.717, 1.165) is 0 Å². The van der Waals surface area contributed by atoms with Crippen molar-refractivity contribution >= 4 is 0 Å². The van der Waals surface area contributed by atoms with Crippen LogP contribution in [-0.2, 0) is 0 Å². The molecule has 0 aliphatic carbocycles. The molecule has 1 aromatic rings. The molecule has 0 N–H and O–H groups in total. The number of pyridine rings is 1. The molecule has 1 rings (SSSR count). The summed E-state index contributed by atoms with van der Waals surface area (Å²) in [5, 5.41) is 0. The molecule has 0 aromatic carbocycles. The largest absolute Gasteiger partial charge is 0.261 e. The maximum atomic E-state index is 4.65. The fourth-order valence-electron chi connectivity index (χ4n) is 2.52. The average molecular weight is 290 g/mol. The van der Waals surface area contributed by atoms with E-state index in [0.29, 0.717) is 28.6 Å². The van der Waals surface area contributed by atoms with Gasteiger partial charge >= 0.3 is 0 Å². The van der Waals surface area contributed by atoms with Gasteiger partial charge in [0, 0.05) is 17.8 Å². The molecule has 0 aliphatic rings. The summed E-state index contributed by atoms with van der Waals surface area (Å²) in [5.41, 5.74) is 1.99. The molecule has 1 aromatic heterocycles. The number of hydrogen-bond acceptors (Lipinski definition) is 1. The van der Waals surface area contributed by atoms with Crippen molar-refractivity contribution in [2.45, 2.75) is 74.1 Å². The van der Waals surface area contributed by atoms with Crippen molar-refractivity contribution in [2.75, 3.05) is 0 Å². The number of hydrogen-bond donors (Lipinski definition) is 0. The fourth-order valence-corrected chi connectivity index (χ4v) is 2.52. The molecule has 0 saturated carbocycles. The van der Waals surface area contributed by atoms with E-state index in [1.165, 1.54) is 18.5 Å². The molecule has 0 aliphatic heterocycles. The van der Waals surface area contributed by atoms with Crippen molar-refractivity contribution < 1.29 is 0 Å². The van der Waals surface area contributed by atoms with Crippen molar-refractivity contribution in [3.63, 3.8) is 0 Å². The zero-order valence-electron chi connectivity index (χ0n) is 15.4. The van der Waals surface area contributed by atoms with E-state index in [4.69, 9.17) is 0 Å². The summed E-state index contributed by atoms with van der Waals surface area (Å²) in [5.74, 6) is 1.95. The summed E-state index contributed by atoms with van der Waals surface area (Å²) in [6.45, 7) is 18.9. The molecule has 0 amide bonds. The lowest BCUT2D eigenvalue weighted by atomic mass is 9.71. The average Bonchev–Trinajstić information content (AvgIpc) is 2.36. The van der Waals surface area contributed by atoms with Crippen LogP contribution in [0.5, 0.6) is 0 Å². The second kappa shape index (κ2) is 6.94. The van der Waals surface area contributed by atoms with Crippen LogP contribution in [-0.4, -0.2) is 4.98 Å². The normalized spacial score (nSPS) is 17.3. The van der Waals surface area contributed by atoms with Crippen molar-refractivity contribution in [1.29, 1.82) is 0 Å². The molecular weight excluding hydrogens is 254 g/mol. The highest BCUT2D eigenvalue weighted by Crippen LogP contribution is 2.40. The van der Waals surface area contributed by atoms with Crippen molar-refractivity contribution in [2.24, 2.45) is 22.7 Å². The van der Waals surface area contributed by atoms with Gasteiger partial charge in [-0.2, -0.15) is 0 Å². The first kappa shape index (κ1) is 18.2. The molecule has 1 nitrogen and oxygen atoms in total. The third kappa shape index (κ3) is 5.80. The molecule has 0 spiro atoms. The van der Waals surface area contributed by atoms with Crippen LogP contribution < -0.4 is 0 Å². The minimum absolute atomic E-state index is 0.359. The first-order valence-corrected chi connectivity index (χ1v) is 8.42. The Morgan fingerprint density at radius 2 is 1.33 bits per heavy atom. The van der Waals surface area contributed by atoms with Gasteiger partial charge in [0.15, 0.2) is 0 Å². The van der Waals surface area contributed by atoms with Crippen molar-refractivity contribution in [3.8, 4) is 0 Å². The van der Waals surface area contributed by atoms with Gasteiger partial charge in [-0.1, -0.05) is 61.5 Å². The van der Waals surface area contributed by atoms with Gasteiger partial charge < -0.3 is 0 Å². The minimum Gasteiger partial charge on any atom is -0.261 e. The van der Waals surface area contributed by atoms with Gasteiger partial charge in [-0.15, -0.1) is 0 Å². The van der Waals surface area contributed by atoms with Crippen molar-refractivity contribution in [1.82, 2.24) is 4.98 Å². The zero-order valence-corrected chi connectivity index (χ0v) is 15.4. The van der Waals surface area contributed by atoms with Gasteiger partial charge in [0.05, 0.1) is 0 Å². The van der Waals surface area contributed by atoms with Gasteiger partial charge in [-0.05, 0) is 47.6 Å². The molecule has 2 atom stereocenters. The van der Waals surface area contributed by atoms with Crippen LogP contribution in [0.4, 0.5) is 0 Å². The quantitative estimate of drug-likeness (QED) is 0.619. The lowest BCUT2D eigenvalue weighted by molar-refractivity contribution is 0.191. The first-order valence-electron chi connectivity index (χ1n) is 8.42. The van der Waals surface area contributed by atoms with Gasteiger partial charge in [0.2, 0.25) is 0 Å². The third-order valence-corrected chi connectivity index (χ3v) is 5.34. The number of nitrogens with zero attached hydrogens (tertiary/aromatic N) is 1. The fraction of sp³-hybridized carbons (Fsp3) is 0.750. The standard InChI is InChI=1S/C20H35N/c1-15(19(3,4)5)13-17(14-16(2)20(6,7)8)18-11-9-10-12-21-18/h9-12,15-17H,13-14H2,1-8H3. The van der Waals surface area contributed by atoms with Crippen LogP contribution in [0.25, 0.3) is 0 Å². The van der Waals surface area contributed by atoms with Crippen molar-refractivity contribution in [3.05, 3.63) is 30.1 Å².